The van der Waals surface area contributed by atoms with E-state index in [2.05, 4.69) is 29.6 Å². The van der Waals surface area contributed by atoms with Crippen molar-refractivity contribution in [1.82, 2.24) is 9.97 Å². The van der Waals surface area contributed by atoms with E-state index in [1.807, 2.05) is 0 Å². The number of thiazole rings is 1. The number of rotatable bonds is 7. The van der Waals surface area contributed by atoms with Crippen LogP contribution in [0.2, 0.25) is 25.7 Å². The van der Waals surface area contributed by atoms with E-state index in [9.17, 15) is 13.6 Å². The molecule has 0 aliphatic carbocycles. The Balaban J connectivity index is 2.20. The molecule has 2 aromatic rings. The maximum atomic E-state index is 13.4. The van der Waals surface area contributed by atoms with E-state index in [1.54, 1.807) is 20.8 Å². The van der Waals surface area contributed by atoms with Gasteiger partial charge in [0.25, 0.3) is 0 Å². The standard InChI is InChI=1S/C19H27F2N3O3SSi/c1-19(2,3)27-18(25)24(12-26-9-10-29(4,5)6)17-22-11-15(28-17)14-8-7-13(20)16(21)23-14/h7-8,11H,9-10,12H2,1-6H3. The Morgan fingerprint density at radius 3 is 2.52 bits per heavy atom. The van der Waals surface area contributed by atoms with E-state index in [-0.39, 0.29) is 12.4 Å². The van der Waals surface area contributed by atoms with Crippen LogP contribution in [-0.4, -0.2) is 43.1 Å². The van der Waals surface area contributed by atoms with Crippen LogP contribution in [0, 0.1) is 11.8 Å². The van der Waals surface area contributed by atoms with Gasteiger partial charge in [0.1, 0.15) is 12.3 Å². The highest BCUT2D eigenvalue weighted by Gasteiger charge is 2.26. The van der Waals surface area contributed by atoms with Crippen molar-refractivity contribution in [2.75, 3.05) is 18.2 Å². The molecule has 29 heavy (non-hydrogen) atoms. The molecular formula is C19H27F2N3O3SSi. The lowest BCUT2D eigenvalue weighted by Gasteiger charge is -2.26. The number of pyridine rings is 1. The van der Waals surface area contributed by atoms with Gasteiger partial charge in [-0.15, -0.1) is 0 Å². The predicted molar refractivity (Wildman–Crippen MR) is 113 cm³/mol. The van der Waals surface area contributed by atoms with Crippen LogP contribution >= 0.6 is 11.3 Å². The lowest BCUT2D eigenvalue weighted by atomic mass is 10.2. The van der Waals surface area contributed by atoms with Crippen molar-refractivity contribution in [2.45, 2.75) is 52.1 Å². The van der Waals surface area contributed by atoms with Gasteiger partial charge in [-0.1, -0.05) is 31.0 Å². The molecule has 0 radical (unpaired) electrons. The Morgan fingerprint density at radius 2 is 1.93 bits per heavy atom. The van der Waals surface area contributed by atoms with Gasteiger partial charge in [0.15, 0.2) is 10.9 Å². The number of amides is 1. The van der Waals surface area contributed by atoms with Gasteiger partial charge in [-0.25, -0.2) is 24.1 Å². The van der Waals surface area contributed by atoms with Crippen LogP contribution in [0.25, 0.3) is 10.6 Å². The monoisotopic (exact) mass is 443 g/mol. The van der Waals surface area contributed by atoms with Crippen molar-refractivity contribution in [3.8, 4) is 10.6 Å². The van der Waals surface area contributed by atoms with Gasteiger partial charge >= 0.3 is 6.09 Å². The van der Waals surface area contributed by atoms with E-state index in [1.165, 1.54) is 17.2 Å². The maximum Gasteiger partial charge on any atom is 0.418 e. The van der Waals surface area contributed by atoms with Crippen LogP contribution in [0.4, 0.5) is 18.7 Å². The summed E-state index contributed by atoms with van der Waals surface area (Å²) in [5.74, 6) is -2.21. The number of anilines is 1. The molecule has 2 aromatic heterocycles. The topological polar surface area (TPSA) is 64.5 Å². The Labute approximate surface area is 174 Å². The first-order chi connectivity index (χ1) is 13.4. The van der Waals surface area contributed by atoms with E-state index in [0.717, 1.165) is 23.4 Å². The molecule has 1 amide bonds. The highest BCUT2D eigenvalue weighted by atomic mass is 32.1. The summed E-state index contributed by atoms with van der Waals surface area (Å²) >= 11 is 1.12. The predicted octanol–water partition coefficient (Wildman–Crippen LogP) is 5.54. The molecule has 160 valence electrons. The zero-order chi connectivity index (χ0) is 21.8. The molecule has 0 aliphatic heterocycles. The van der Waals surface area contributed by atoms with Crippen molar-refractivity contribution in [3.05, 3.63) is 30.1 Å². The fourth-order valence-electron chi connectivity index (χ4n) is 2.10. The quantitative estimate of drug-likeness (QED) is 0.243. The highest BCUT2D eigenvalue weighted by Crippen LogP contribution is 2.31. The number of hydrogen-bond acceptors (Lipinski definition) is 6. The van der Waals surface area contributed by atoms with Crippen LogP contribution in [0.1, 0.15) is 20.8 Å². The number of halogens is 2. The van der Waals surface area contributed by atoms with Crippen LogP contribution in [0.3, 0.4) is 0 Å². The van der Waals surface area contributed by atoms with Gasteiger partial charge in [0.2, 0.25) is 5.95 Å². The molecule has 0 saturated heterocycles. The first-order valence-corrected chi connectivity index (χ1v) is 13.7. The SMILES string of the molecule is CC(C)(C)OC(=O)N(COCC[Si](C)(C)C)c1ncc(-c2ccc(F)c(F)n2)s1. The molecule has 2 heterocycles. The van der Waals surface area contributed by atoms with Crippen molar-refractivity contribution in [3.63, 3.8) is 0 Å². The fraction of sp³-hybridized carbons (Fsp3) is 0.526. The summed E-state index contributed by atoms with van der Waals surface area (Å²) in [6.45, 7) is 12.5. The number of nitrogens with zero attached hydrogens (tertiary/aromatic N) is 3. The minimum atomic E-state index is -1.27. The fourth-order valence-corrected chi connectivity index (χ4v) is 3.72. The van der Waals surface area contributed by atoms with Crippen molar-refractivity contribution < 1.29 is 23.0 Å². The summed E-state index contributed by atoms with van der Waals surface area (Å²) < 4.78 is 37.8. The molecule has 0 N–H and O–H groups in total. The van der Waals surface area contributed by atoms with E-state index >= 15 is 0 Å². The van der Waals surface area contributed by atoms with Gasteiger partial charge in [-0.05, 0) is 38.9 Å². The minimum Gasteiger partial charge on any atom is -0.443 e. The molecule has 0 saturated carbocycles. The third-order valence-corrected chi connectivity index (χ3v) is 6.36. The largest absolute Gasteiger partial charge is 0.443 e. The van der Waals surface area contributed by atoms with Crippen LogP contribution in [-0.2, 0) is 9.47 Å². The molecule has 0 spiro atoms. The molecule has 0 unspecified atom stereocenters. The molecular weight excluding hydrogens is 416 g/mol. The Kier molecular flexibility index (Phi) is 7.47. The molecule has 0 atom stereocenters. The second-order valence-corrected chi connectivity index (χ2v) is 15.4. The Bertz CT molecular complexity index is 850. The summed E-state index contributed by atoms with van der Waals surface area (Å²) in [5.41, 5.74) is -0.452. The second kappa shape index (κ2) is 9.27. The number of ether oxygens (including phenoxy) is 2. The van der Waals surface area contributed by atoms with Gasteiger partial charge in [0.05, 0.1) is 10.6 Å². The van der Waals surface area contributed by atoms with Crippen LogP contribution in [0.5, 0.6) is 0 Å². The van der Waals surface area contributed by atoms with E-state index in [4.69, 9.17) is 9.47 Å². The molecule has 2 rings (SSSR count). The molecule has 6 nitrogen and oxygen atoms in total. The molecule has 0 fully saturated rings. The Morgan fingerprint density at radius 1 is 1.24 bits per heavy atom. The number of aromatic nitrogens is 2. The lowest BCUT2D eigenvalue weighted by Crippen LogP contribution is -2.38. The first kappa shape index (κ1) is 23.4. The normalized spacial score (nSPS) is 12.1. The van der Waals surface area contributed by atoms with Crippen molar-refractivity contribution >= 4 is 30.6 Å². The lowest BCUT2D eigenvalue weighted by molar-refractivity contribution is 0.0500. The second-order valence-electron chi connectivity index (χ2n) is 8.73. The first-order valence-electron chi connectivity index (χ1n) is 9.22. The summed E-state index contributed by atoms with van der Waals surface area (Å²) in [6, 6.07) is 3.32. The third-order valence-electron chi connectivity index (χ3n) is 3.61. The van der Waals surface area contributed by atoms with Gasteiger partial charge in [-0.3, -0.25) is 0 Å². The van der Waals surface area contributed by atoms with Gasteiger partial charge in [0, 0.05) is 20.9 Å². The number of carbonyl (C=O) groups is 1. The molecule has 0 aliphatic rings. The van der Waals surface area contributed by atoms with Crippen molar-refractivity contribution in [1.29, 1.82) is 0 Å². The average Bonchev–Trinajstić information content (AvgIpc) is 3.04. The molecule has 0 bridgehead atoms. The summed E-state index contributed by atoms with van der Waals surface area (Å²) in [6.07, 6.45) is 0.865. The Hall–Kier alpha value is -1.91. The smallest absolute Gasteiger partial charge is 0.418 e. The van der Waals surface area contributed by atoms with Crippen molar-refractivity contribution in [2.24, 2.45) is 0 Å². The molecule has 10 heteroatoms. The van der Waals surface area contributed by atoms with E-state index in [0.29, 0.717) is 16.6 Å². The number of carbonyl (C=O) groups excluding carboxylic acids is 1. The van der Waals surface area contributed by atoms with E-state index < -0.39 is 31.5 Å². The maximum absolute atomic E-state index is 13.4. The third kappa shape index (κ3) is 7.45. The summed E-state index contributed by atoms with van der Waals surface area (Å²) in [4.78, 5) is 22.3. The summed E-state index contributed by atoms with van der Waals surface area (Å²) in [5, 5.41) is 0.328. The highest BCUT2D eigenvalue weighted by molar-refractivity contribution is 7.19. The van der Waals surface area contributed by atoms with Crippen LogP contribution < -0.4 is 4.90 Å². The summed E-state index contributed by atoms with van der Waals surface area (Å²) in [7, 11) is -1.27. The zero-order valence-electron chi connectivity index (χ0n) is 17.6. The average molecular weight is 444 g/mol. The van der Waals surface area contributed by atoms with Gasteiger partial charge < -0.3 is 9.47 Å². The zero-order valence-corrected chi connectivity index (χ0v) is 19.4. The minimum absolute atomic E-state index is 0.0163. The van der Waals surface area contributed by atoms with Crippen LogP contribution in [0.15, 0.2) is 18.3 Å². The number of hydrogen-bond donors (Lipinski definition) is 0. The van der Waals surface area contributed by atoms with Gasteiger partial charge in [-0.2, -0.15) is 4.39 Å². The molecule has 0 aromatic carbocycles.